The Morgan fingerprint density at radius 2 is 1.73 bits per heavy atom. The Hall–Kier alpha value is -2.76. The molecule has 0 aliphatic heterocycles. The van der Waals surface area contributed by atoms with Crippen LogP contribution in [0.15, 0.2) is 34.9 Å². The van der Waals surface area contributed by atoms with E-state index in [0.717, 1.165) is 5.56 Å². The molecule has 6 nitrogen and oxygen atoms in total. The first-order valence-electron chi connectivity index (χ1n) is 8.56. The molecule has 2 N–H and O–H groups in total. The van der Waals surface area contributed by atoms with Gasteiger partial charge in [0, 0.05) is 5.56 Å². The Morgan fingerprint density at radius 1 is 1.08 bits per heavy atom. The number of hydrogen-bond acceptors (Lipinski definition) is 6. The van der Waals surface area contributed by atoms with Crippen LogP contribution in [0.4, 0.5) is 5.88 Å². The van der Waals surface area contributed by atoms with Crippen LogP contribution in [0.25, 0.3) is 0 Å². The highest BCUT2D eigenvalue weighted by atomic mass is 16.6. The van der Waals surface area contributed by atoms with E-state index in [0.29, 0.717) is 24.0 Å². The van der Waals surface area contributed by atoms with E-state index in [9.17, 15) is 9.59 Å². The molecule has 0 unspecified atom stereocenters. The van der Waals surface area contributed by atoms with Crippen molar-refractivity contribution in [3.63, 3.8) is 0 Å². The summed E-state index contributed by atoms with van der Waals surface area (Å²) >= 11 is 0. The van der Waals surface area contributed by atoms with Gasteiger partial charge in [0.25, 0.3) is 0 Å². The van der Waals surface area contributed by atoms with Gasteiger partial charge in [-0.1, -0.05) is 12.1 Å². The van der Waals surface area contributed by atoms with Crippen LogP contribution in [0, 0.1) is 0 Å². The minimum atomic E-state index is -0.527. The van der Waals surface area contributed by atoms with E-state index in [2.05, 4.69) is 0 Å². The first-order valence-corrected chi connectivity index (χ1v) is 8.56. The molecular formula is C20H25NO5. The zero-order valence-corrected chi connectivity index (χ0v) is 15.6. The van der Waals surface area contributed by atoms with Gasteiger partial charge < -0.3 is 19.6 Å². The summed E-state index contributed by atoms with van der Waals surface area (Å²) in [4.78, 5) is 24.0. The first kappa shape index (κ1) is 19.6. The standard InChI is InChI=1S/C20H25NO5/c1-5-24-19(23)16-15(12-25-17(16)21)11-8-13-6-9-14(10-7-13)18(22)26-20(2,3)4/h6-7,9-10,12H,5,8,11,21H2,1-4H3. The van der Waals surface area contributed by atoms with Gasteiger partial charge in [0.2, 0.25) is 5.88 Å². The highest BCUT2D eigenvalue weighted by Crippen LogP contribution is 2.23. The van der Waals surface area contributed by atoms with Crippen LogP contribution in [0.3, 0.4) is 0 Å². The second-order valence-corrected chi connectivity index (χ2v) is 6.92. The zero-order valence-electron chi connectivity index (χ0n) is 15.6. The molecule has 0 aliphatic rings. The van der Waals surface area contributed by atoms with Crippen molar-refractivity contribution in [2.45, 2.75) is 46.1 Å². The molecule has 0 radical (unpaired) electrons. The number of ether oxygens (including phenoxy) is 2. The third kappa shape index (κ3) is 5.12. The van der Waals surface area contributed by atoms with Crippen LogP contribution in [0.5, 0.6) is 0 Å². The number of carbonyl (C=O) groups is 2. The normalized spacial score (nSPS) is 11.2. The maximum atomic E-state index is 12.0. The van der Waals surface area contributed by atoms with Gasteiger partial charge in [0.05, 0.1) is 18.4 Å². The SMILES string of the molecule is CCOC(=O)c1c(CCc2ccc(C(=O)OC(C)(C)C)cc2)coc1N. The van der Waals surface area contributed by atoms with E-state index >= 15 is 0 Å². The number of rotatable bonds is 6. The molecule has 0 saturated carbocycles. The van der Waals surface area contributed by atoms with Crippen LogP contribution in [-0.4, -0.2) is 24.1 Å². The number of furan rings is 1. The van der Waals surface area contributed by atoms with E-state index in [1.54, 1.807) is 19.1 Å². The van der Waals surface area contributed by atoms with E-state index < -0.39 is 11.6 Å². The molecule has 1 heterocycles. The molecular weight excluding hydrogens is 334 g/mol. The second-order valence-electron chi connectivity index (χ2n) is 6.92. The topological polar surface area (TPSA) is 91.8 Å². The van der Waals surface area contributed by atoms with Crippen molar-refractivity contribution in [3.05, 3.63) is 52.8 Å². The summed E-state index contributed by atoms with van der Waals surface area (Å²) in [7, 11) is 0. The van der Waals surface area contributed by atoms with Crippen molar-refractivity contribution < 1.29 is 23.5 Å². The third-order valence-electron chi connectivity index (χ3n) is 3.65. The van der Waals surface area contributed by atoms with Crippen LogP contribution >= 0.6 is 0 Å². The highest BCUT2D eigenvalue weighted by molar-refractivity contribution is 5.95. The van der Waals surface area contributed by atoms with Crippen molar-refractivity contribution in [2.75, 3.05) is 12.3 Å². The van der Waals surface area contributed by atoms with Crippen LogP contribution in [0.2, 0.25) is 0 Å². The molecule has 1 aromatic heterocycles. The number of benzene rings is 1. The summed E-state index contributed by atoms with van der Waals surface area (Å²) in [5, 5.41) is 0. The molecule has 26 heavy (non-hydrogen) atoms. The number of nitrogens with two attached hydrogens (primary N) is 1. The molecule has 6 heteroatoms. The fraction of sp³-hybridized carbons (Fsp3) is 0.400. The van der Waals surface area contributed by atoms with E-state index in [-0.39, 0.29) is 24.0 Å². The molecule has 2 aromatic rings. The Morgan fingerprint density at radius 3 is 2.31 bits per heavy atom. The maximum Gasteiger partial charge on any atom is 0.343 e. The quantitative estimate of drug-likeness (QED) is 0.789. The van der Waals surface area contributed by atoms with Crippen LogP contribution in [0.1, 0.15) is 59.5 Å². The monoisotopic (exact) mass is 359 g/mol. The van der Waals surface area contributed by atoms with Gasteiger partial charge in [0.1, 0.15) is 11.2 Å². The molecule has 140 valence electrons. The van der Waals surface area contributed by atoms with Crippen molar-refractivity contribution in [1.29, 1.82) is 0 Å². The van der Waals surface area contributed by atoms with Crippen molar-refractivity contribution >= 4 is 17.8 Å². The van der Waals surface area contributed by atoms with Crippen molar-refractivity contribution in [1.82, 2.24) is 0 Å². The number of hydrogen-bond donors (Lipinski definition) is 1. The van der Waals surface area contributed by atoms with Gasteiger partial charge in [-0.15, -0.1) is 0 Å². The maximum absolute atomic E-state index is 12.0. The van der Waals surface area contributed by atoms with Crippen molar-refractivity contribution in [2.24, 2.45) is 0 Å². The number of carbonyl (C=O) groups excluding carboxylic acids is 2. The summed E-state index contributed by atoms with van der Waals surface area (Å²) < 4.78 is 15.5. The van der Waals surface area contributed by atoms with Gasteiger partial charge in [-0.3, -0.25) is 0 Å². The lowest BCUT2D eigenvalue weighted by molar-refractivity contribution is 0.00692. The lowest BCUT2D eigenvalue weighted by Gasteiger charge is -2.19. The van der Waals surface area contributed by atoms with Gasteiger partial charge in [0.15, 0.2) is 0 Å². The largest absolute Gasteiger partial charge is 0.462 e. The Balaban J connectivity index is 2.03. The molecule has 1 aromatic carbocycles. The fourth-order valence-electron chi connectivity index (χ4n) is 2.45. The molecule has 0 aliphatic carbocycles. The van der Waals surface area contributed by atoms with Crippen LogP contribution in [-0.2, 0) is 22.3 Å². The molecule has 0 fully saturated rings. The van der Waals surface area contributed by atoms with Gasteiger partial charge >= 0.3 is 11.9 Å². The third-order valence-corrected chi connectivity index (χ3v) is 3.65. The van der Waals surface area contributed by atoms with E-state index in [1.165, 1.54) is 6.26 Å². The van der Waals surface area contributed by atoms with Gasteiger partial charge in [-0.2, -0.15) is 0 Å². The molecule has 0 spiro atoms. The molecule has 0 saturated heterocycles. The van der Waals surface area contributed by atoms with E-state index in [4.69, 9.17) is 19.6 Å². The summed E-state index contributed by atoms with van der Waals surface area (Å²) in [6.45, 7) is 7.50. The number of aryl methyl sites for hydroxylation is 2. The van der Waals surface area contributed by atoms with Gasteiger partial charge in [-0.05, 0) is 58.2 Å². The minimum absolute atomic E-state index is 0.0683. The summed E-state index contributed by atoms with van der Waals surface area (Å²) in [5.74, 6) is -0.760. The Labute approximate surface area is 153 Å². The lowest BCUT2D eigenvalue weighted by Crippen LogP contribution is -2.23. The molecule has 0 atom stereocenters. The first-order chi connectivity index (χ1) is 12.2. The average molecular weight is 359 g/mol. The lowest BCUT2D eigenvalue weighted by atomic mass is 10.0. The number of esters is 2. The molecule has 2 rings (SSSR count). The fourth-order valence-corrected chi connectivity index (χ4v) is 2.45. The second kappa shape index (κ2) is 8.08. The zero-order chi connectivity index (χ0) is 19.3. The Bertz CT molecular complexity index is 768. The number of nitrogen functional groups attached to an aromatic ring is 1. The van der Waals surface area contributed by atoms with Crippen LogP contribution < -0.4 is 5.73 Å². The summed E-state index contributed by atoms with van der Waals surface area (Å²) in [6.07, 6.45) is 2.72. The average Bonchev–Trinajstić information content (AvgIpc) is 2.93. The Kier molecular flexibility index (Phi) is 6.08. The summed E-state index contributed by atoms with van der Waals surface area (Å²) in [5.41, 5.74) is 7.72. The predicted octanol–water partition coefficient (Wildman–Crippen LogP) is 3.78. The number of anilines is 1. The van der Waals surface area contributed by atoms with Gasteiger partial charge in [-0.25, -0.2) is 9.59 Å². The van der Waals surface area contributed by atoms with E-state index in [1.807, 2.05) is 32.9 Å². The van der Waals surface area contributed by atoms with Crippen molar-refractivity contribution in [3.8, 4) is 0 Å². The minimum Gasteiger partial charge on any atom is -0.462 e. The summed E-state index contributed by atoms with van der Waals surface area (Å²) in [6, 6.07) is 7.21. The smallest absolute Gasteiger partial charge is 0.343 e. The highest BCUT2D eigenvalue weighted by Gasteiger charge is 2.20. The molecule has 0 bridgehead atoms. The molecule has 0 amide bonds. The predicted molar refractivity (Wildman–Crippen MR) is 98.1 cm³/mol.